The lowest BCUT2D eigenvalue weighted by Gasteiger charge is -2.35. The van der Waals surface area contributed by atoms with Gasteiger partial charge in [0.1, 0.15) is 79.3 Å². The second-order valence-electron chi connectivity index (χ2n) is 24.3. The van der Waals surface area contributed by atoms with Crippen molar-refractivity contribution in [1.29, 1.82) is 0 Å². The van der Waals surface area contributed by atoms with Gasteiger partial charge in [0, 0.05) is 95.2 Å². The molecule has 0 fully saturated rings. The van der Waals surface area contributed by atoms with E-state index in [1.807, 2.05) is 16.2 Å². The van der Waals surface area contributed by atoms with Gasteiger partial charge in [0.2, 0.25) is 0 Å². The molecule has 0 aromatic rings. The van der Waals surface area contributed by atoms with Crippen LogP contribution in [0.25, 0.3) is 0 Å². The number of guanidine groups is 1. The molecule has 0 atom stereocenters. The molecule has 0 amide bonds. The molecule has 0 unspecified atom stereocenters. The van der Waals surface area contributed by atoms with Crippen molar-refractivity contribution in [1.82, 2.24) is 25.5 Å². The summed E-state index contributed by atoms with van der Waals surface area (Å²) in [6.07, 6.45) is 1.82. The quantitative estimate of drug-likeness (QED) is 0.0180. The monoisotopic (exact) mass is 1970 g/mol. The van der Waals surface area contributed by atoms with Gasteiger partial charge in [-0.1, -0.05) is 4.79 Å². The predicted octanol–water partition coefficient (Wildman–Crippen LogP) is 2.40. The lowest BCUT2D eigenvalue weighted by atomic mass is 9.90. The normalized spacial score (nSPS) is 12.0. The molecule has 0 radical (unpaired) electrons. The van der Waals surface area contributed by atoms with Gasteiger partial charge in [-0.2, -0.15) is 233 Å². The first kappa shape index (κ1) is 115. The first-order valence-electron chi connectivity index (χ1n) is 35.0. The molecule has 0 aromatic heterocycles. The maximum atomic E-state index is 12.3. The highest BCUT2D eigenvalue weighted by Crippen LogP contribution is 2.29. The number of hydrazone groups is 3. The smallest absolute Gasteiger partial charge is 0.328 e. The Balaban J connectivity index is 0. The van der Waals surface area contributed by atoms with Crippen molar-refractivity contribution in [2.75, 3.05) is 249 Å². The summed E-state index contributed by atoms with van der Waals surface area (Å²) in [6.45, 7) is -1.73. The van der Waals surface area contributed by atoms with Crippen LogP contribution >= 0.6 is 227 Å². The molecule has 0 saturated carbocycles. The van der Waals surface area contributed by atoms with Crippen LogP contribution in [0.4, 0.5) is 0 Å². The molecule has 0 saturated heterocycles. The minimum Gasteiger partial charge on any atom is -0.465 e. The zero-order valence-corrected chi connectivity index (χ0v) is 79.6. The summed E-state index contributed by atoms with van der Waals surface area (Å²) >= 11 is 73.7. The summed E-state index contributed by atoms with van der Waals surface area (Å²) in [6, 6.07) is 0. The third-order valence-corrected chi connectivity index (χ3v) is 18.6. The second-order valence-corrected chi connectivity index (χ2v) is 31.5. The van der Waals surface area contributed by atoms with E-state index >= 15 is 0 Å². The van der Waals surface area contributed by atoms with E-state index in [0.717, 1.165) is 79.7 Å². The third kappa shape index (κ3) is 54.6. The van der Waals surface area contributed by atoms with E-state index in [-0.39, 0.29) is 174 Å². The highest BCUT2D eigenvalue weighted by atomic mass is 32.1. The zero-order chi connectivity index (χ0) is 86.9. The Morgan fingerprint density at radius 1 is 0.287 bits per heavy atom. The lowest BCUT2D eigenvalue weighted by molar-refractivity contribution is -0.725. The van der Waals surface area contributed by atoms with Crippen molar-refractivity contribution in [3.63, 3.8) is 0 Å². The first-order valence-corrected chi connectivity index (χ1v) is 46.4. The Morgan fingerprint density at radius 3 is 0.670 bits per heavy atom. The van der Waals surface area contributed by atoms with E-state index in [1.54, 1.807) is 0 Å². The van der Waals surface area contributed by atoms with Crippen molar-refractivity contribution in [3.05, 3.63) is 0 Å². The van der Waals surface area contributed by atoms with Gasteiger partial charge in [-0.25, -0.2) is 5.01 Å². The van der Waals surface area contributed by atoms with Gasteiger partial charge in [0.15, 0.2) is 0 Å². The molecule has 0 aliphatic carbocycles. The Bertz CT molecular complexity index is 2500. The number of esters is 12. The maximum absolute atomic E-state index is 12.3. The first-order chi connectivity index (χ1) is 55.0. The fourth-order valence-corrected chi connectivity index (χ4v) is 11.5. The van der Waals surface area contributed by atoms with Crippen LogP contribution in [0.5, 0.6) is 0 Å². The van der Waals surface area contributed by atoms with Crippen LogP contribution in [0.1, 0.15) is 38.5 Å². The number of hydrogen-bond acceptors (Lipinski definition) is 50. The Labute approximate surface area is 772 Å². The van der Waals surface area contributed by atoms with E-state index in [0.29, 0.717) is 0 Å². The molecule has 51 heteroatoms. The molecular weight excluding hydrogens is 1860 g/mol. The Morgan fingerprint density at radius 2 is 0.487 bits per heavy atom. The molecule has 666 valence electrons. The Kier molecular flexibility index (Phi) is 72.0. The van der Waals surface area contributed by atoms with Crippen molar-refractivity contribution in [2.45, 2.75) is 38.5 Å². The molecule has 1 N–H and O–H groups in total. The van der Waals surface area contributed by atoms with Crippen LogP contribution in [-0.4, -0.2) is 357 Å². The van der Waals surface area contributed by atoms with Crippen molar-refractivity contribution < 1.29 is 129 Å². The largest absolute Gasteiger partial charge is 0.465 e. The van der Waals surface area contributed by atoms with E-state index < -0.39 is 133 Å². The highest BCUT2D eigenvalue weighted by molar-refractivity contribution is 7.83. The van der Waals surface area contributed by atoms with Crippen LogP contribution in [0.15, 0.2) is 5.10 Å². The fourth-order valence-electron chi connectivity index (χ4n) is 8.48. The molecule has 1 aliphatic heterocycles. The molecular formula is C64H112N7O26S18+. The van der Waals surface area contributed by atoms with E-state index in [2.05, 4.69) is 248 Å². The Hall–Kier alpha value is -1.64. The summed E-state index contributed by atoms with van der Waals surface area (Å²) in [5.41, 5.74) is -2.30. The minimum absolute atomic E-state index is 0.0189. The summed E-state index contributed by atoms with van der Waals surface area (Å²) in [5.74, 6) is -3.15. The maximum Gasteiger partial charge on any atom is 0.328 e. The van der Waals surface area contributed by atoms with E-state index in [4.69, 9.17) is 71.4 Å². The predicted molar refractivity (Wildman–Crippen MR) is 493 cm³/mol. The van der Waals surface area contributed by atoms with Crippen molar-refractivity contribution in [3.8, 4) is 0 Å². The van der Waals surface area contributed by atoms with Gasteiger partial charge in [0.25, 0.3) is 5.96 Å². The van der Waals surface area contributed by atoms with Crippen molar-refractivity contribution >= 4 is 311 Å². The zero-order valence-electron chi connectivity index (χ0n) is 63.5. The number of hydrazine groups is 3. The topological polar surface area (TPSA) is 374 Å². The van der Waals surface area contributed by atoms with Gasteiger partial charge < -0.3 is 71.2 Å². The summed E-state index contributed by atoms with van der Waals surface area (Å²) in [7, 11) is 0. The fraction of sp³-hybridized carbons (Fsp3) is 0.781. The SMILES string of the molecule is O=C(CCS)OCC(COCC(COC(=O)CCS)(COC(=O)CCS)COC(=O)CCS)(COC(=O)CCS)COC(=O)CCS.O=C(CS)OCC(COCC(COC(=O)CS)(COC(=O)CS)COC(=O)CS)(COC(=O)CS)COC(=O)CS.SCCN(CCS)C1=NN(N(CCS)CCS)C=[N+](N(CCS)CCS)N1. The molecule has 1 rings (SSSR count). The molecule has 115 heavy (non-hydrogen) atoms. The number of thiol groups is 18. The van der Waals surface area contributed by atoms with E-state index in [1.165, 1.54) is 0 Å². The highest BCUT2D eigenvalue weighted by Gasteiger charge is 2.43. The average Bonchev–Trinajstić information content (AvgIpc) is 0.823. The molecule has 0 aromatic carbocycles. The summed E-state index contributed by atoms with van der Waals surface area (Å²) < 4.78 is 75.7. The number of nitrogens with zero attached hydrogens (tertiary/aromatic N) is 6. The molecule has 0 bridgehead atoms. The number of rotatable bonds is 64. The standard InChI is InChI=1S/C28H46O13S6.C22H34O13S6.C14H31N7S6/c29-21(1-7-42)36-15-27(16-37-22(30)2-8-43,17-38-23(31)3-9-44)13-35-14-28(18-39-24(32)4-10-45,19-40-25(33)5-11-46)20-41-26(34)6-12-47;23-15(1-36)30-9-21(10-31-16(24)2-37,11-32-17(25)3-38)7-29-8-22(12-33-18(26)4-39,13-34-19(27)5-40)14-35-20(28)6-41;22-7-1-17(2-8-23)14-15-20(18(3-9-24)4-10-25)13-21(16-14)19(5-11-26)6-12-27/h42-47H,1-20H2;36-41H,1-14H2;13H,1-12H2,(H6-,15,16,22,23,24,25,26,27)/p+1. The van der Waals surface area contributed by atoms with Gasteiger partial charge in [-0.15, -0.1) is 5.01 Å². The van der Waals surface area contributed by atoms with Crippen LogP contribution in [-0.2, 0) is 124 Å². The number of carbonyl (C=O) groups is 12. The van der Waals surface area contributed by atoms with Gasteiger partial charge in [-0.05, 0) is 10.2 Å². The number of ether oxygens (including phenoxy) is 14. The van der Waals surface area contributed by atoms with Gasteiger partial charge in [0.05, 0.1) is 134 Å². The summed E-state index contributed by atoms with van der Waals surface area (Å²) in [5, 5.41) is 10.9. The average molecular weight is 1970 g/mol. The van der Waals surface area contributed by atoms with Crippen LogP contribution < -0.4 is 5.43 Å². The van der Waals surface area contributed by atoms with Crippen LogP contribution in [0.3, 0.4) is 0 Å². The van der Waals surface area contributed by atoms with Crippen molar-refractivity contribution in [2.24, 2.45) is 26.8 Å². The van der Waals surface area contributed by atoms with Gasteiger partial charge in [-0.3, -0.25) is 57.5 Å². The second kappa shape index (κ2) is 71.7. The third-order valence-electron chi connectivity index (χ3n) is 14.5. The molecule has 0 spiro atoms. The minimum atomic E-state index is -1.44. The number of carbonyl (C=O) groups excluding carboxylic acids is 12. The number of nitrogens with one attached hydrogen (secondary N) is 1. The summed E-state index contributed by atoms with van der Waals surface area (Å²) in [4.78, 5) is 149. The van der Waals surface area contributed by atoms with Crippen LogP contribution in [0, 0.1) is 21.7 Å². The van der Waals surface area contributed by atoms with Crippen LogP contribution in [0.2, 0.25) is 0 Å². The lowest BCUT2D eigenvalue weighted by Crippen LogP contribution is -2.60. The van der Waals surface area contributed by atoms with E-state index in [9.17, 15) is 57.5 Å². The molecule has 1 heterocycles. The van der Waals surface area contributed by atoms with Gasteiger partial charge >= 0.3 is 78.0 Å². The molecule has 1 aliphatic rings. The molecule has 33 nitrogen and oxygen atoms in total. The number of hydrogen-bond donors (Lipinski definition) is 19.